The van der Waals surface area contributed by atoms with Gasteiger partial charge in [-0.25, -0.2) is 9.78 Å². The number of thiazole rings is 1. The summed E-state index contributed by atoms with van der Waals surface area (Å²) in [6.45, 7) is 4.26. The molecule has 0 saturated carbocycles. The molecule has 0 fully saturated rings. The molecule has 2 rings (SSSR count). The first-order valence-corrected chi connectivity index (χ1v) is 7.92. The fraction of sp³-hybridized carbons (Fsp3) is 0.385. The smallest absolute Gasteiger partial charge is 0.360 e. The van der Waals surface area contributed by atoms with Crippen LogP contribution in [-0.2, 0) is 4.74 Å². The van der Waals surface area contributed by atoms with Gasteiger partial charge >= 0.3 is 5.97 Å². The molecule has 0 radical (unpaired) electrons. The van der Waals surface area contributed by atoms with Crippen LogP contribution in [0.1, 0.15) is 41.7 Å². The number of carbonyl (C=O) groups is 1. The van der Waals surface area contributed by atoms with E-state index < -0.39 is 0 Å². The van der Waals surface area contributed by atoms with Gasteiger partial charge < -0.3 is 10.1 Å². The zero-order valence-electron chi connectivity index (χ0n) is 10.9. The van der Waals surface area contributed by atoms with Crippen LogP contribution in [0, 0.1) is 0 Å². The van der Waals surface area contributed by atoms with Crippen molar-refractivity contribution in [3.8, 4) is 0 Å². The van der Waals surface area contributed by atoms with Gasteiger partial charge in [-0.1, -0.05) is 13.0 Å². The molecule has 1 unspecified atom stereocenters. The molecule has 2 heterocycles. The summed E-state index contributed by atoms with van der Waals surface area (Å²) in [6.07, 6.45) is 0.945. The Morgan fingerprint density at radius 2 is 2.32 bits per heavy atom. The zero-order chi connectivity index (χ0) is 13.7. The van der Waals surface area contributed by atoms with Gasteiger partial charge in [-0.05, 0) is 24.8 Å². The van der Waals surface area contributed by atoms with Crippen molar-refractivity contribution >= 4 is 33.6 Å². The number of nitrogens with one attached hydrogen (secondary N) is 1. The van der Waals surface area contributed by atoms with Gasteiger partial charge in [-0.15, -0.1) is 22.7 Å². The minimum absolute atomic E-state index is 0.202. The monoisotopic (exact) mass is 296 g/mol. The van der Waals surface area contributed by atoms with Crippen molar-refractivity contribution in [3.05, 3.63) is 33.6 Å². The summed E-state index contributed by atoms with van der Waals surface area (Å²) in [5.74, 6) is -0.368. The summed E-state index contributed by atoms with van der Waals surface area (Å²) in [6, 6.07) is 4.33. The molecule has 0 aliphatic heterocycles. The van der Waals surface area contributed by atoms with Gasteiger partial charge in [-0.3, -0.25) is 0 Å². The van der Waals surface area contributed by atoms with E-state index in [1.165, 1.54) is 16.2 Å². The van der Waals surface area contributed by atoms with Crippen molar-refractivity contribution in [2.75, 3.05) is 11.9 Å². The van der Waals surface area contributed by atoms with Gasteiger partial charge in [0, 0.05) is 4.88 Å². The topological polar surface area (TPSA) is 51.2 Å². The lowest BCUT2D eigenvalue weighted by Gasteiger charge is -2.15. The Balaban J connectivity index is 2.14. The predicted octanol–water partition coefficient (Wildman–Crippen LogP) is 3.94. The van der Waals surface area contributed by atoms with Crippen LogP contribution in [0.3, 0.4) is 0 Å². The standard InChI is InChI=1S/C13H16N2O2S2/c1-3-9(10-6-5-7-18-10)15-12-11(14-8-19-12)13(16)17-4-2/h5-9,15H,3-4H2,1-2H3. The number of nitrogens with zero attached hydrogens (tertiary/aromatic N) is 1. The first-order chi connectivity index (χ1) is 9.26. The normalized spacial score (nSPS) is 12.1. The number of hydrogen-bond donors (Lipinski definition) is 1. The van der Waals surface area contributed by atoms with E-state index in [1.54, 1.807) is 23.8 Å². The van der Waals surface area contributed by atoms with Crippen molar-refractivity contribution in [1.29, 1.82) is 0 Å². The van der Waals surface area contributed by atoms with Crippen LogP contribution < -0.4 is 5.32 Å². The molecule has 0 spiro atoms. The van der Waals surface area contributed by atoms with Gasteiger partial charge in [0.05, 0.1) is 18.2 Å². The number of anilines is 1. The molecule has 0 aromatic carbocycles. The Labute approximate surface area is 120 Å². The van der Waals surface area contributed by atoms with Crippen LogP contribution in [0.5, 0.6) is 0 Å². The maximum absolute atomic E-state index is 11.8. The third-order valence-electron chi connectivity index (χ3n) is 2.64. The summed E-state index contributed by atoms with van der Waals surface area (Å²) in [4.78, 5) is 17.1. The zero-order valence-corrected chi connectivity index (χ0v) is 12.5. The summed E-state index contributed by atoms with van der Waals surface area (Å²) in [7, 11) is 0. The molecule has 6 heteroatoms. The van der Waals surface area contributed by atoms with Crippen molar-refractivity contribution in [3.63, 3.8) is 0 Å². The highest BCUT2D eigenvalue weighted by molar-refractivity contribution is 7.14. The predicted molar refractivity (Wildman–Crippen MR) is 79.0 cm³/mol. The summed E-state index contributed by atoms with van der Waals surface area (Å²) in [5.41, 5.74) is 2.04. The number of aromatic nitrogens is 1. The number of carbonyl (C=O) groups excluding carboxylic acids is 1. The molecular weight excluding hydrogens is 280 g/mol. The van der Waals surface area contributed by atoms with E-state index in [1.807, 2.05) is 6.07 Å². The molecule has 0 aliphatic carbocycles. The largest absolute Gasteiger partial charge is 0.461 e. The molecule has 4 nitrogen and oxygen atoms in total. The Morgan fingerprint density at radius 1 is 1.47 bits per heavy atom. The first-order valence-electron chi connectivity index (χ1n) is 6.16. The van der Waals surface area contributed by atoms with E-state index in [0.717, 1.165) is 11.4 Å². The van der Waals surface area contributed by atoms with Gasteiger partial charge in [0.2, 0.25) is 0 Å². The Kier molecular flexibility index (Phi) is 4.93. The number of ether oxygens (including phenoxy) is 1. The third kappa shape index (κ3) is 3.33. The molecular formula is C13H16N2O2S2. The molecule has 19 heavy (non-hydrogen) atoms. The highest BCUT2D eigenvalue weighted by Crippen LogP contribution is 2.30. The summed E-state index contributed by atoms with van der Waals surface area (Å²) in [5, 5.41) is 6.22. The quantitative estimate of drug-likeness (QED) is 0.820. The van der Waals surface area contributed by atoms with E-state index in [-0.39, 0.29) is 12.0 Å². The maximum atomic E-state index is 11.8. The van der Waals surface area contributed by atoms with E-state index in [2.05, 4.69) is 28.7 Å². The average molecular weight is 296 g/mol. The lowest BCUT2D eigenvalue weighted by molar-refractivity contribution is 0.0521. The van der Waals surface area contributed by atoms with Crippen molar-refractivity contribution < 1.29 is 9.53 Å². The van der Waals surface area contributed by atoms with E-state index in [9.17, 15) is 4.79 Å². The van der Waals surface area contributed by atoms with Crippen LogP contribution in [0.2, 0.25) is 0 Å². The Morgan fingerprint density at radius 3 is 2.95 bits per heavy atom. The van der Waals surface area contributed by atoms with Crippen LogP contribution in [0.4, 0.5) is 5.00 Å². The van der Waals surface area contributed by atoms with E-state index >= 15 is 0 Å². The van der Waals surface area contributed by atoms with Crippen molar-refractivity contribution in [1.82, 2.24) is 4.98 Å². The SMILES string of the molecule is CCOC(=O)c1ncsc1NC(CC)c1cccs1. The number of rotatable bonds is 6. The lowest BCUT2D eigenvalue weighted by atomic mass is 10.2. The molecule has 1 N–H and O–H groups in total. The minimum Gasteiger partial charge on any atom is -0.461 e. The van der Waals surface area contributed by atoms with Crippen molar-refractivity contribution in [2.24, 2.45) is 0 Å². The molecule has 2 aromatic rings. The molecule has 1 atom stereocenters. The van der Waals surface area contributed by atoms with Crippen LogP contribution >= 0.6 is 22.7 Å². The fourth-order valence-corrected chi connectivity index (χ4v) is 3.30. The van der Waals surface area contributed by atoms with Gasteiger partial charge in [0.25, 0.3) is 0 Å². The summed E-state index contributed by atoms with van der Waals surface area (Å²) < 4.78 is 5.00. The van der Waals surface area contributed by atoms with Gasteiger partial charge in [0.15, 0.2) is 5.69 Å². The maximum Gasteiger partial charge on any atom is 0.360 e. The number of esters is 1. The second-order valence-electron chi connectivity index (χ2n) is 3.87. The second kappa shape index (κ2) is 6.68. The minimum atomic E-state index is -0.368. The highest BCUT2D eigenvalue weighted by Gasteiger charge is 2.19. The van der Waals surface area contributed by atoms with Gasteiger partial charge in [-0.2, -0.15) is 0 Å². The fourth-order valence-electron chi connectivity index (χ4n) is 1.72. The summed E-state index contributed by atoms with van der Waals surface area (Å²) >= 11 is 3.13. The number of thiophene rings is 1. The number of hydrogen-bond acceptors (Lipinski definition) is 6. The molecule has 0 aliphatic rings. The lowest BCUT2D eigenvalue weighted by Crippen LogP contribution is -2.12. The van der Waals surface area contributed by atoms with Crippen LogP contribution in [-0.4, -0.2) is 17.6 Å². The molecule has 0 saturated heterocycles. The molecule has 0 bridgehead atoms. The van der Waals surface area contributed by atoms with E-state index in [4.69, 9.17) is 4.74 Å². The highest BCUT2D eigenvalue weighted by atomic mass is 32.1. The molecule has 2 aromatic heterocycles. The van der Waals surface area contributed by atoms with Crippen LogP contribution in [0.25, 0.3) is 0 Å². The Bertz CT molecular complexity index is 522. The van der Waals surface area contributed by atoms with Gasteiger partial charge in [0.1, 0.15) is 5.00 Å². The third-order valence-corrected chi connectivity index (χ3v) is 4.38. The Hall–Kier alpha value is -1.40. The average Bonchev–Trinajstić information content (AvgIpc) is 3.07. The van der Waals surface area contributed by atoms with Crippen molar-refractivity contribution in [2.45, 2.75) is 26.3 Å². The second-order valence-corrected chi connectivity index (χ2v) is 5.71. The molecule has 102 valence electrons. The van der Waals surface area contributed by atoms with E-state index in [0.29, 0.717) is 12.3 Å². The van der Waals surface area contributed by atoms with Crippen LogP contribution in [0.15, 0.2) is 23.0 Å². The first kappa shape index (κ1) is 14.0. The molecule has 0 amide bonds.